The van der Waals surface area contributed by atoms with E-state index in [1.165, 1.54) is 31.4 Å². The average molecular weight is 511 g/mol. The van der Waals surface area contributed by atoms with Crippen molar-refractivity contribution in [3.8, 4) is 11.5 Å². The number of anilines is 1. The Labute approximate surface area is 209 Å². The standard InChI is InChI=1S/C26H26N2O7S/c1-16(2)17-6-11-21(12-7-17)36(31,32)28-25(29)24(19-8-13-22-23(14-19)35-15-34-22)27-20-9-4-18(5-10-20)26(30)33-3/h4-14,16,24,27H,15H2,1-3H3,(H,28,29). The second kappa shape index (κ2) is 10.3. The van der Waals surface area contributed by atoms with Gasteiger partial charge in [0.2, 0.25) is 6.79 Å². The molecule has 1 heterocycles. The summed E-state index contributed by atoms with van der Waals surface area (Å²) in [6.07, 6.45) is 0. The van der Waals surface area contributed by atoms with Crippen LogP contribution in [0.5, 0.6) is 11.5 Å². The van der Waals surface area contributed by atoms with Crippen LogP contribution in [0.25, 0.3) is 0 Å². The largest absolute Gasteiger partial charge is 0.465 e. The molecule has 1 amide bonds. The number of carbonyl (C=O) groups is 2. The molecule has 188 valence electrons. The van der Waals surface area contributed by atoms with Gasteiger partial charge in [-0.15, -0.1) is 0 Å². The van der Waals surface area contributed by atoms with E-state index < -0.39 is 27.9 Å². The molecule has 9 nitrogen and oxygen atoms in total. The topological polar surface area (TPSA) is 120 Å². The molecular weight excluding hydrogens is 484 g/mol. The number of sulfonamides is 1. The zero-order chi connectivity index (χ0) is 25.9. The Morgan fingerprint density at radius 2 is 1.53 bits per heavy atom. The second-order valence-electron chi connectivity index (χ2n) is 8.45. The lowest BCUT2D eigenvalue weighted by Crippen LogP contribution is -2.37. The zero-order valence-corrected chi connectivity index (χ0v) is 20.8. The van der Waals surface area contributed by atoms with Crippen molar-refractivity contribution in [2.45, 2.75) is 30.7 Å². The number of esters is 1. The maximum absolute atomic E-state index is 13.3. The zero-order valence-electron chi connectivity index (χ0n) is 20.0. The van der Waals surface area contributed by atoms with Gasteiger partial charge in [-0.2, -0.15) is 0 Å². The van der Waals surface area contributed by atoms with Crippen LogP contribution in [0.15, 0.2) is 71.6 Å². The molecule has 3 aromatic carbocycles. The van der Waals surface area contributed by atoms with Gasteiger partial charge in [0, 0.05) is 5.69 Å². The van der Waals surface area contributed by atoms with Gasteiger partial charge in [0.25, 0.3) is 15.9 Å². The number of hydrogen-bond donors (Lipinski definition) is 2. The third-order valence-electron chi connectivity index (χ3n) is 5.70. The lowest BCUT2D eigenvalue weighted by atomic mass is 10.0. The minimum atomic E-state index is -4.14. The Morgan fingerprint density at radius 1 is 0.889 bits per heavy atom. The first-order valence-corrected chi connectivity index (χ1v) is 12.7. The van der Waals surface area contributed by atoms with Gasteiger partial charge in [0.15, 0.2) is 11.5 Å². The smallest absolute Gasteiger partial charge is 0.337 e. The van der Waals surface area contributed by atoms with E-state index in [-0.39, 0.29) is 17.6 Å². The van der Waals surface area contributed by atoms with Gasteiger partial charge in [-0.1, -0.05) is 32.0 Å². The molecule has 4 rings (SSSR count). The normalized spacial score (nSPS) is 13.2. The number of benzene rings is 3. The fraction of sp³-hybridized carbons (Fsp3) is 0.231. The summed E-state index contributed by atoms with van der Waals surface area (Å²) in [4.78, 5) is 25.0. The number of hydrogen-bond acceptors (Lipinski definition) is 8. The molecule has 1 aliphatic rings. The summed E-state index contributed by atoms with van der Waals surface area (Å²) in [6.45, 7) is 4.06. The van der Waals surface area contributed by atoms with Crippen molar-refractivity contribution in [1.82, 2.24) is 4.72 Å². The molecule has 0 aromatic heterocycles. The maximum atomic E-state index is 13.3. The Hall–Kier alpha value is -4.05. The molecule has 3 aromatic rings. The Balaban J connectivity index is 1.62. The summed E-state index contributed by atoms with van der Waals surface area (Å²) in [5.41, 5.74) is 2.26. The minimum Gasteiger partial charge on any atom is -0.465 e. The van der Waals surface area contributed by atoms with Crippen LogP contribution in [0.3, 0.4) is 0 Å². The molecule has 36 heavy (non-hydrogen) atoms. The van der Waals surface area contributed by atoms with Gasteiger partial charge >= 0.3 is 5.97 Å². The van der Waals surface area contributed by atoms with Crippen LogP contribution < -0.4 is 19.5 Å². The molecule has 0 spiro atoms. The van der Waals surface area contributed by atoms with Crippen LogP contribution in [-0.2, 0) is 19.6 Å². The minimum absolute atomic E-state index is 0.0212. The lowest BCUT2D eigenvalue weighted by molar-refractivity contribution is -0.120. The van der Waals surface area contributed by atoms with E-state index in [0.29, 0.717) is 28.3 Å². The molecule has 0 radical (unpaired) electrons. The molecule has 0 saturated carbocycles. The van der Waals surface area contributed by atoms with E-state index in [4.69, 9.17) is 14.2 Å². The third kappa shape index (κ3) is 5.44. The van der Waals surface area contributed by atoms with Gasteiger partial charge in [0.05, 0.1) is 17.6 Å². The number of amides is 1. The van der Waals surface area contributed by atoms with Crippen molar-refractivity contribution in [2.75, 3.05) is 19.2 Å². The van der Waals surface area contributed by atoms with E-state index in [0.717, 1.165) is 5.56 Å². The highest BCUT2D eigenvalue weighted by molar-refractivity contribution is 7.90. The van der Waals surface area contributed by atoms with E-state index in [9.17, 15) is 18.0 Å². The average Bonchev–Trinajstić information content (AvgIpc) is 3.35. The van der Waals surface area contributed by atoms with Crippen molar-refractivity contribution in [1.29, 1.82) is 0 Å². The van der Waals surface area contributed by atoms with Crippen LogP contribution in [0, 0.1) is 0 Å². The summed E-state index contributed by atoms with van der Waals surface area (Å²) in [7, 11) is -2.85. The predicted molar refractivity (Wildman–Crippen MR) is 133 cm³/mol. The van der Waals surface area contributed by atoms with Crippen LogP contribution in [0.2, 0.25) is 0 Å². The number of fused-ring (bicyclic) bond motifs is 1. The molecule has 0 bridgehead atoms. The highest BCUT2D eigenvalue weighted by atomic mass is 32.2. The predicted octanol–water partition coefficient (Wildman–Crippen LogP) is 3.98. The summed E-state index contributed by atoms with van der Waals surface area (Å²) < 4.78 is 43.6. The van der Waals surface area contributed by atoms with Crippen LogP contribution in [0.1, 0.15) is 47.3 Å². The Bertz CT molecular complexity index is 1370. The van der Waals surface area contributed by atoms with Crippen LogP contribution in [0.4, 0.5) is 5.69 Å². The number of carbonyl (C=O) groups excluding carboxylic acids is 2. The monoisotopic (exact) mass is 510 g/mol. The molecule has 0 saturated heterocycles. The Kier molecular flexibility index (Phi) is 7.16. The summed E-state index contributed by atoms with van der Waals surface area (Å²) >= 11 is 0. The Morgan fingerprint density at radius 3 is 2.17 bits per heavy atom. The fourth-order valence-corrected chi connectivity index (χ4v) is 4.66. The first kappa shape index (κ1) is 25.1. The van der Waals surface area contributed by atoms with Gasteiger partial charge < -0.3 is 19.5 Å². The quantitative estimate of drug-likeness (QED) is 0.437. The van der Waals surface area contributed by atoms with E-state index in [2.05, 4.69) is 10.0 Å². The molecule has 0 aliphatic carbocycles. The van der Waals surface area contributed by atoms with Gasteiger partial charge in [-0.25, -0.2) is 17.9 Å². The first-order valence-electron chi connectivity index (χ1n) is 11.2. The molecule has 0 fully saturated rings. The van der Waals surface area contributed by atoms with E-state index in [1.807, 2.05) is 13.8 Å². The molecule has 1 aliphatic heterocycles. The van der Waals surface area contributed by atoms with Crippen molar-refractivity contribution in [3.05, 3.63) is 83.4 Å². The van der Waals surface area contributed by atoms with E-state index >= 15 is 0 Å². The van der Waals surface area contributed by atoms with Gasteiger partial charge in [0.1, 0.15) is 6.04 Å². The van der Waals surface area contributed by atoms with Crippen molar-refractivity contribution in [2.24, 2.45) is 0 Å². The van der Waals surface area contributed by atoms with Crippen molar-refractivity contribution < 1.29 is 32.2 Å². The van der Waals surface area contributed by atoms with Crippen LogP contribution in [-0.4, -0.2) is 34.2 Å². The van der Waals surface area contributed by atoms with Gasteiger partial charge in [-0.3, -0.25) is 4.79 Å². The van der Waals surface area contributed by atoms with Crippen molar-refractivity contribution in [3.63, 3.8) is 0 Å². The number of rotatable bonds is 8. The van der Waals surface area contributed by atoms with E-state index in [1.54, 1.807) is 42.5 Å². The summed E-state index contributed by atoms with van der Waals surface area (Å²) in [5, 5.41) is 3.04. The molecule has 1 atom stereocenters. The molecule has 2 N–H and O–H groups in total. The summed E-state index contributed by atoms with van der Waals surface area (Å²) in [6, 6.07) is 16.5. The fourth-order valence-electron chi connectivity index (χ4n) is 3.66. The summed E-state index contributed by atoms with van der Waals surface area (Å²) in [5.74, 6) is -0.0833. The van der Waals surface area contributed by atoms with Crippen molar-refractivity contribution >= 4 is 27.6 Å². The van der Waals surface area contributed by atoms with Gasteiger partial charge in [-0.05, 0) is 65.6 Å². The third-order valence-corrected chi connectivity index (χ3v) is 7.06. The lowest BCUT2D eigenvalue weighted by Gasteiger charge is -2.20. The molecule has 1 unspecified atom stereocenters. The molecule has 10 heteroatoms. The molecular formula is C26H26N2O7S. The number of methoxy groups -OCH3 is 1. The highest BCUT2D eigenvalue weighted by Crippen LogP contribution is 2.35. The number of nitrogens with one attached hydrogen (secondary N) is 2. The van der Waals surface area contributed by atoms with Crippen LogP contribution >= 0.6 is 0 Å². The maximum Gasteiger partial charge on any atom is 0.337 e. The highest BCUT2D eigenvalue weighted by Gasteiger charge is 2.28. The SMILES string of the molecule is COC(=O)c1ccc(NC(C(=O)NS(=O)(=O)c2ccc(C(C)C)cc2)c2ccc3c(c2)OCO3)cc1. The number of ether oxygens (including phenoxy) is 3. The first-order chi connectivity index (χ1) is 17.2. The second-order valence-corrected chi connectivity index (χ2v) is 10.1.